The van der Waals surface area contributed by atoms with E-state index < -0.39 is 10.2 Å². The fourth-order valence-electron chi connectivity index (χ4n) is 2.87. The Bertz CT molecular complexity index is 851. The number of rotatable bonds is 3. The zero-order valence-electron chi connectivity index (χ0n) is 12.4. The lowest BCUT2D eigenvalue weighted by Gasteiger charge is -2.22. The maximum atomic E-state index is 12.7. The van der Waals surface area contributed by atoms with Gasteiger partial charge in [-0.05, 0) is 30.2 Å². The van der Waals surface area contributed by atoms with Gasteiger partial charge in [0.15, 0.2) is 11.5 Å². The first-order valence-electron chi connectivity index (χ1n) is 7.41. The molecule has 6 nitrogen and oxygen atoms in total. The molecular formula is C16H16N2O4S. The molecule has 120 valence electrons. The Morgan fingerprint density at radius 3 is 2.65 bits per heavy atom. The second-order valence-electron chi connectivity index (χ2n) is 5.42. The molecule has 4 rings (SSSR count). The predicted octanol–water partition coefficient (Wildman–Crippen LogP) is 2.18. The van der Waals surface area contributed by atoms with Crippen LogP contribution in [0.1, 0.15) is 5.56 Å². The second-order valence-corrected chi connectivity index (χ2v) is 7.01. The van der Waals surface area contributed by atoms with E-state index in [1.165, 1.54) is 4.31 Å². The SMILES string of the molecule is O=S(=O)(Nc1ccc2c(c1)OCCO2)N1CCc2ccccc21. The molecule has 2 aromatic rings. The number of hydrogen-bond acceptors (Lipinski definition) is 4. The topological polar surface area (TPSA) is 67.9 Å². The minimum absolute atomic E-state index is 0.444. The van der Waals surface area contributed by atoms with Crippen LogP contribution in [0.5, 0.6) is 11.5 Å². The van der Waals surface area contributed by atoms with Crippen LogP contribution in [0.25, 0.3) is 0 Å². The van der Waals surface area contributed by atoms with E-state index in [9.17, 15) is 8.42 Å². The van der Waals surface area contributed by atoms with E-state index in [0.717, 1.165) is 17.7 Å². The molecule has 0 saturated heterocycles. The van der Waals surface area contributed by atoms with Gasteiger partial charge in [0.1, 0.15) is 13.2 Å². The molecule has 2 aliphatic rings. The number of anilines is 2. The first-order chi connectivity index (χ1) is 11.1. The molecule has 0 aromatic heterocycles. The van der Waals surface area contributed by atoms with Gasteiger partial charge in [-0.1, -0.05) is 18.2 Å². The molecule has 1 N–H and O–H groups in total. The third-order valence-electron chi connectivity index (χ3n) is 3.92. The Kier molecular flexibility index (Phi) is 3.30. The van der Waals surface area contributed by atoms with E-state index in [1.807, 2.05) is 24.3 Å². The van der Waals surface area contributed by atoms with Crippen molar-refractivity contribution >= 4 is 21.6 Å². The molecule has 2 heterocycles. The van der Waals surface area contributed by atoms with Crippen LogP contribution < -0.4 is 18.5 Å². The molecule has 0 fully saturated rings. The van der Waals surface area contributed by atoms with E-state index in [-0.39, 0.29) is 0 Å². The van der Waals surface area contributed by atoms with Crippen LogP contribution in [0, 0.1) is 0 Å². The smallest absolute Gasteiger partial charge is 0.323 e. The largest absolute Gasteiger partial charge is 0.486 e. The van der Waals surface area contributed by atoms with Gasteiger partial charge < -0.3 is 9.47 Å². The molecule has 0 saturated carbocycles. The lowest BCUT2D eigenvalue weighted by atomic mass is 10.2. The maximum absolute atomic E-state index is 12.7. The van der Waals surface area contributed by atoms with E-state index in [4.69, 9.17) is 9.47 Å². The van der Waals surface area contributed by atoms with Crippen molar-refractivity contribution in [3.8, 4) is 11.5 Å². The van der Waals surface area contributed by atoms with E-state index >= 15 is 0 Å². The van der Waals surface area contributed by atoms with Gasteiger partial charge in [-0.25, -0.2) is 0 Å². The Hall–Kier alpha value is -2.41. The number of benzene rings is 2. The van der Waals surface area contributed by atoms with Gasteiger partial charge in [0.2, 0.25) is 0 Å². The summed E-state index contributed by atoms with van der Waals surface area (Å²) < 4.78 is 40.3. The Balaban J connectivity index is 1.61. The molecule has 0 spiro atoms. The van der Waals surface area contributed by atoms with Gasteiger partial charge >= 0.3 is 10.2 Å². The van der Waals surface area contributed by atoms with Crippen LogP contribution in [-0.2, 0) is 16.6 Å². The number of hydrogen-bond donors (Lipinski definition) is 1. The van der Waals surface area contributed by atoms with E-state index in [2.05, 4.69) is 4.72 Å². The molecule has 2 aliphatic heterocycles. The molecule has 0 amide bonds. The zero-order valence-corrected chi connectivity index (χ0v) is 13.2. The number of para-hydroxylation sites is 1. The van der Waals surface area contributed by atoms with Gasteiger partial charge in [-0.3, -0.25) is 9.03 Å². The summed E-state index contributed by atoms with van der Waals surface area (Å²) in [5, 5.41) is 0. The number of nitrogens with zero attached hydrogens (tertiary/aromatic N) is 1. The highest BCUT2D eigenvalue weighted by Crippen LogP contribution is 2.34. The standard InChI is InChI=1S/C16H16N2O4S/c19-23(20,18-8-7-12-3-1-2-4-14(12)18)17-13-5-6-15-16(11-13)22-10-9-21-15/h1-6,11,17H,7-10H2. The van der Waals surface area contributed by atoms with Gasteiger partial charge in [0.25, 0.3) is 0 Å². The van der Waals surface area contributed by atoms with Crippen LogP contribution in [0.2, 0.25) is 0 Å². The van der Waals surface area contributed by atoms with Crippen molar-refractivity contribution in [1.82, 2.24) is 0 Å². The van der Waals surface area contributed by atoms with Gasteiger partial charge in [0.05, 0.1) is 11.4 Å². The summed E-state index contributed by atoms with van der Waals surface area (Å²) in [5.74, 6) is 1.18. The minimum Gasteiger partial charge on any atom is -0.486 e. The highest BCUT2D eigenvalue weighted by molar-refractivity contribution is 7.94. The lowest BCUT2D eigenvalue weighted by Crippen LogP contribution is -2.34. The summed E-state index contributed by atoms with van der Waals surface area (Å²) in [4.78, 5) is 0. The molecule has 0 radical (unpaired) electrons. The van der Waals surface area contributed by atoms with Crippen LogP contribution in [0.15, 0.2) is 42.5 Å². The van der Waals surface area contributed by atoms with Gasteiger partial charge in [0, 0.05) is 12.6 Å². The van der Waals surface area contributed by atoms with Crippen molar-refractivity contribution in [3.05, 3.63) is 48.0 Å². The predicted molar refractivity (Wildman–Crippen MR) is 87.5 cm³/mol. The summed E-state index contributed by atoms with van der Waals surface area (Å²) in [6.45, 7) is 1.41. The fraction of sp³-hybridized carbons (Fsp3) is 0.250. The third-order valence-corrected chi connectivity index (χ3v) is 5.38. The summed E-state index contributed by atoms with van der Waals surface area (Å²) in [5.41, 5.74) is 2.23. The molecule has 7 heteroatoms. The number of fused-ring (bicyclic) bond motifs is 2. The van der Waals surface area contributed by atoms with Crippen molar-refractivity contribution in [3.63, 3.8) is 0 Å². The summed E-state index contributed by atoms with van der Waals surface area (Å²) in [6.07, 6.45) is 0.720. The van der Waals surface area contributed by atoms with E-state index in [0.29, 0.717) is 36.9 Å². The first-order valence-corrected chi connectivity index (χ1v) is 8.85. The van der Waals surface area contributed by atoms with Crippen LogP contribution in [0.3, 0.4) is 0 Å². The third kappa shape index (κ3) is 2.57. The number of nitrogens with one attached hydrogen (secondary N) is 1. The quantitative estimate of drug-likeness (QED) is 0.935. The van der Waals surface area contributed by atoms with Crippen molar-refractivity contribution in [2.75, 3.05) is 28.8 Å². The summed E-state index contributed by atoms with van der Waals surface area (Å²) in [7, 11) is -3.67. The Morgan fingerprint density at radius 2 is 1.78 bits per heavy atom. The van der Waals surface area contributed by atoms with Crippen molar-refractivity contribution in [2.45, 2.75) is 6.42 Å². The highest BCUT2D eigenvalue weighted by Gasteiger charge is 2.29. The molecule has 0 unspecified atom stereocenters. The summed E-state index contributed by atoms with van der Waals surface area (Å²) in [6, 6.07) is 12.6. The monoisotopic (exact) mass is 332 g/mol. The van der Waals surface area contributed by atoms with Gasteiger partial charge in [-0.2, -0.15) is 8.42 Å². The minimum atomic E-state index is -3.67. The molecule has 0 atom stereocenters. The zero-order chi connectivity index (χ0) is 15.9. The maximum Gasteiger partial charge on any atom is 0.323 e. The first kappa shape index (κ1) is 14.2. The molecule has 0 bridgehead atoms. The van der Waals surface area contributed by atoms with Crippen molar-refractivity contribution in [2.24, 2.45) is 0 Å². The van der Waals surface area contributed by atoms with Crippen LogP contribution in [0.4, 0.5) is 11.4 Å². The normalized spacial score (nSPS) is 16.1. The average molecular weight is 332 g/mol. The fourth-order valence-corrected chi connectivity index (χ4v) is 4.17. The molecule has 23 heavy (non-hydrogen) atoms. The average Bonchev–Trinajstić information content (AvgIpc) is 2.99. The lowest BCUT2D eigenvalue weighted by molar-refractivity contribution is 0.171. The Labute approximate surface area is 134 Å². The van der Waals surface area contributed by atoms with Crippen molar-refractivity contribution < 1.29 is 17.9 Å². The number of ether oxygens (including phenoxy) is 2. The molecular weight excluding hydrogens is 316 g/mol. The molecule has 2 aromatic carbocycles. The van der Waals surface area contributed by atoms with Crippen LogP contribution in [-0.4, -0.2) is 28.2 Å². The Morgan fingerprint density at radius 1 is 1.00 bits per heavy atom. The highest BCUT2D eigenvalue weighted by atomic mass is 32.2. The molecule has 0 aliphatic carbocycles. The van der Waals surface area contributed by atoms with E-state index in [1.54, 1.807) is 18.2 Å². The van der Waals surface area contributed by atoms with Gasteiger partial charge in [-0.15, -0.1) is 0 Å². The second kappa shape index (κ2) is 5.34. The van der Waals surface area contributed by atoms with Crippen LogP contribution >= 0.6 is 0 Å². The van der Waals surface area contributed by atoms with Crippen molar-refractivity contribution in [1.29, 1.82) is 0 Å². The summed E-state index contributed by atoms with van der Waals surface area (Å²) >= 11 is 0.